The van der Waals surface area contributed by atoms with Crippen LogP contribution in [0.15, 0.2) is 42.5 Å². The maximum absolute atomic E-state index is 12.7. The lowest BCUT2D eigenvalue weighted by molar-refractivity contribution is -0.139. The van der Waals surface area contributed by atoms with Crippen LogP contribution >= 0.6 is 11.6 Å². The van der Waals surface area contributed by atoms with Gasteiger partial charge in [0.1, 0.15) is 5.75 Å². The Balaban J connectivity index is 1.49. The molecule has 0 bridgehead atoms. The molecule has 146 valence electrons. The number of carbonyl (C=O) groups is 1. The molecule has 1 atom stereocenters. The summed E-state index contributed by atoms with van der Waals surface area (Å²) in [5.41, 5.74) is 2.77. The summed E-state index contributed by atoms with van der Waals surface area (Å²) >= 11 is 6.04. The van der Waals surface area contributed by atoms with Crippen LogP contribution in [0, 0.1) is 18.3 Å². The number of benzene rings is 2. The lowest BCUT2D eigenvalue weighted by atomic mass is 10.1. The molecule has 0 aromatic heterocycles. The first-order valence-corrected chi connectivity index (χ1v) is 9.77. The Morgan fingerprint density at radius 2 is 1.86 bits per heavy atom. The fraction of sp³-hybridized carbons (Fsp3) is 0.364. The molecule has 1 aliphatic heterocycles. The number of nitriles is 1. The van der Waals surface area contributed by atoms with Gasteiger partial charge in [0.05, 0.1) is 11.6 Å². The fourth-order valence-electron chi connectivity index (χ4n) is 3.27. The second-order valence-corrected chi connectivity index (χ2v) is 7.49. The van der Waals surface area contributed by atoms with E-state index in [0.29, 0.717) is 29.4 Å². The van der Waals surface area contributed by atoms with E-state index in [1.54, 1.807) is 19.1 Å². The highest BCUT2D eigenvalue weighted by Gasteiger charge is 2.26. The van der Waals surface area contributed by atoms with Crippen molar-refractivity contribution >= 4 is 17.5 Å². The molecule has 1 aliphatic rings. The second kappa shape index (κ2) is 9.09. The molecule has 0 saturated carbocycles. The van der Waals surface area contributed by atoms with Gasteiger partial charge in [-0.3, -0.25) is 9.69 Å². The highest BCUT2D eigenvalue weighted by molar-refractivity contribution is 6.31. The molecule has 0 spiro atoms. The number of halogens is 1. The van der Waals surface area contributed by atoms with Crippen molar-refractivity contribution in [2.75, 3.05) is 26.2 Å². The molecular weight excluding hydrogens is 374 g/mol. The zero-order valence-corrected chi connectivity index (χ0v) is 16.9. The first-order chi connectivity index (χ1) is 13.5. The quantitative estimate of drug-likeness (QED) is 0.773. The summed E-state index contributed by atoms with van der Waals surface area (Å²) in [5.74, 6) is 0.660. The van der Waals surface area contributed by atoms with Gasteiger partial charge in [-0.15, -0.1) is 0 Å². The molecule has 0 N–H and O–H groups in total. The third kappa shape index (κ3) is 5.03. The fourth-order valence-corrected chi connectivity index (χ4v) is 3.39. The summed E-state index contributed by atoms with van der Waals surface area (Å²) in [7, 11) is 0. The Labute approximate surface area is 171 Å². The van der Waals surface area contributed by atoms with Gasteiger partial charge < -0.3 is 9.64 Å². The van der Waals surface area contributed by atoms with Crippen LogP contribution < -0.4 is 4.74 Å². The predicted octanol–water partition coefficient (Wildman–Crippen LogP) is 3.63. The van der Waals surface area contributed by atoms with Crippen LogP contribution in [0.2, 0.25) is 5.02 Å². The van der Waals surface area contributed by atoms with E-state index < -0.39 is 6.10 Å². The molecule has 2 aromatic carbocycles. The van der Waals surface area contributed by atoms with Crippen molar-refractivity contribution in [1.29, 1.82) is 5.26 Å². The topological polar surface area (TPSA) is 56.6 Å². The molecule has 1 heterocycles. The van der Waals surface area contributed by atoms with Gasteiger partial charge in [-0.25, -0.2) is 0 Å². The molecular formula is C22H24ClN3O2. The number of amides is 1. The van der Waals surface area contributed by atoms with E-state index >= 15 is 0 Å². The van der Waals surface area contributed by atoms with Gasteiger partial charge >= 0.3 is 0 Å². The SMILES string of the molecule is Cc1cc(OC(C)C(=O)N2CCN(Cc3ccc(C#N)cc3)CC2)ccc1Cl. The minimum absolute atomic E-state index is 0.00521. The van der Waals surface area contributed by atoms with Crippen molar-refractivity contribution in [2.24, 2.45) is 0 Å². The number of aryl methyl sites for hydroxylation is 1. The first-order valence-electron chi connectivity index (χ1n) is 9.39. The molecule has 1 fully saturated rings. The van der Waals surface area contributed by atoms with Crippen molar-refractivity contribution in [3.05, 3.63) is 64.2 Å². The molecule has 28 heavy (non-hydrogen) atoms. The highest BCUT2D eigenvalue weighted by Crippen LogP contribution is 2.22. The summed E-state index contributed by atoms with van der Waals surface area (Å²) in [4.78, 5) is 16.9. The molecule has 1 saturated heterocycles. The Morgan fingerprint density at radius 3 is 2.46 bits per heavy atom. The van der Waals surface area contributed by atoms with Crippen molar-refractivity contribution in [3.63, 3.8) is 0 Å². The summed E-state index contributed by atoms with van der Waals surface area (Å²) < 4.78 is 5.82. The minimum Gasteiger partial charge on any atom is -0.481 e. The zero-order chi connectivity index (χ0) is 20.1. The Bertz CT molecular complexity index is 868. The number of piperazine rings is 1. The van der Waals surface area contributed by atoms with Gasteiger partial charge in [0.2, 0.25) is 0 Å². The van der Waals surface area contributed by atoms with Gasteiger partial charge in [0.25, 0.3) is 5.91 Å². The average molecular weight is 398 g/mol. The summed E-state index contributed by atoms with van der Waals surface area (Å²) in [6.07, 6.45) is -0.536. The highest BCUT2D eigenvalue weighted by atomic mass is 35.5. The maximum atomic E-state index is 12.7. The van der Waals surface area contributed by atoms with Crippen LogP contribution in [0.4, 0.5) is 0 Å². The largest absolute Gasteiger partial charge is 0.481 e. The van der Waals surface area contributed by atoms with Crippen LogP contribution in [0.5, 0.6) is 5.75 Å². The summed E-state index contributed by atoms with van der Waals surface area (Å²) in [5, 5.41) is 9.57. The zero-order valence-electron chi connectivity index (χ0n) is 16.2. The number of carbonyl (C=O) groups excluding carboxylic acids is 1. The van der Waals surface area contributed by atoms with E-state index in [9.17, 15) is 4.79 Å². The van der Waals surface area contributed by atoms with E-state index in [4.69, 9.17) is 21.6 Å². The Morgan fingerprint density at radius 1 is 1.18 bits per heavy atom. The molecule has 0 aliphatic carbocycles. The second-order valence-electron chi connectivity index (χ2n) is 7.08. The van der Waals surface area contributed by atoms with Crippen LogP contribution in [0.25, 0.3) is 0 Å². The van der Waals surface area contributed by atoms with Crippen molar-refractivity contribution in [2.45, 2.75) is 26.5 Å². The molecule has 2 aromatic rings. The van der Waals surface area contributed by atoms with E-state index in [-0.39, 0.29) is 5.91 Å². The normalized spacial score (nSPS) is 15.7. The van der Waals surface area contributed by atoms with Crippen molar-refractivity contribution in [1.82, 2.24) is 9.80 Å². The number of ether oxygens (including phenoxy) is 1. The van der Waals surface area contributed by atoms with Crippen LogP contribution in [0.1, 0.15) is 23.6 Å². The van der Waals surface area contributed by atoms with E-state index in [2.05, 4.69) is 11.0 Å². The number of nitrogens with zero attached hydrogens (tertiary/aromatic N) is 3. The molecule has 6 heteroatoms. The standard InChI is InChI=1S/C22H24ClN3O2/c1-16-13-20(7-8-21(16)23)28-17(2)22(27)26-11-9-25(10-12-26)15-19-5-3-18(14-24)4-6-19/h3-8,13,17H,9-12,15H2,1-2H3. The van der Waals surface area contributed by atoms with Gasteiger partial charge in [0.15, 0.2) is 6.10 Å². The van der Waals surface area contributed by atoms with Gasteiger partial charge in [0, 0.05) is 37.7 Å². The van der Waals surface area contributed by atoms with Gasteiger partial charge in [-0.1, -0.05) is 23.7 Å². The van der Waals surface area contributed by atoms with Crippen LogP contribution in [-0.4, -0.2) is 48.0 Å². The lowest BCUT2D eigenvalue weighted by Crippen LogP contribution is -2.51. The van der Waals surface area contributed by atoms with E-state index in [0.717, 1.165) is 25.2 Å². The van der Waals surface area contributed by atoms with E-state index in [1.165, 1.54) is 5.56 Å². The average Bonchev–Trinajstić information content (AvgIpc) is 2.71. The molecule has 1 unspecified atom stereocenters. The van der Waals surface area contributed by atoms with Crippen LogP contribution in [-0.2, 0) is 11.3 Å². The predicted molar refractivity (Wildman–Crippen MR) is 109 cm³/mol. The van der Waals surface area contributed by atoms with Crippen molar-refractivity contribution in [3.8, 4) is 11.8 Å². The smallest absolute Gasteiger partial charge is 0.263 e. The number of rotatable bonds is 5. The lowest BCUT2D eigenvalue weighted by Gasteiger charge is -2.36. The van der Waals surface area contributed by atoms with Gasteiger partial charge in [-0.2, -0.15) is 5.26 Å². The Kier molecular flexibility index (Phi) is 6.56. The minimum atomic E-state index is -0.536. The number of hydrogen-bond donors (Lipinski definition) is 0. The van der Waals surface area contributed by atoms with Gasteiger partial charge in [-0.05, 0) is 55.3 Å². The monoisotopic (exact) mass is 397 g/mol. The third-order valence-electron chi connectivity index (χ3n) is 4.96. The summed E-state index contributed by atoms with van der Waals surface area (Å²) in [6.45, 7) is 7.52. The van der Waals surface area contributed by atoms with Crippen molar-refractivity contribution < 1.29 is 9.53 Å². The van der Waals surface area contributed by atoms with E-state index in [1.807, 2.05) is 42.2 Å². The molecule has 0 radical (unpaired) electrons. The molecule has 3 rings (SSSR count). The first kappa shape index (κ1) is 20.2. The summed E-state index contributed by atoms with van der Waals surface area (Å²) in [6, 6.07) is 15.2. The Hall–Kier alpha value is -2.55. The third-order valence-corrected chi connectivity index (χ3v) is 5.39. The number of hydrogen-bond acceptors (Lipinski definition) is 4. The maximum Gasteiger partial charge on any atom is 0.263 e. The molecule has 5 nitrogen and oxygen atoms in total. The molecule has 1 amide bonds. The van der Waals surface area contributed by atoms with Crippen LogP contribution in [0.3, 0.4) is 0 Å².